The summed E-state index contributed by atoms with van der Waals surface area (Å²) >= 11 is 14.5. The molecule has 0 unspecified atom stereocenters. The van der Waals surface area contributed by atoms with Gasteiger partial charge in [-0.05, 0) is 33.4 Å². The van der Waals surface area contributed by atoms with Crippen LogP contribution in [0.2, 0.25) is 10.0 Å². The summed E-state index contributed by atoms with van der Waals surface area (Å²) in [5.74, 6) is -2.01. The van der Waals surface area contributed by atoms with E-state index in [1.54, 1.807) is 0 Å². The number of aliphatic carboxylic acids is 2. The summed E-state index contributed by atoms with van der Waals surface area (Å²) < 4.78 is 0. The minimum absolute atomic E-state index is 0.238. The van der Waals surface area contributed by atoms with E-state index < -0.39 is 24.1 Å². The van der Waals surface area contributed by atoms with Crippen molar-refractivity contribution in [2.45, 2.75) is 76.7 Å². The van der Waals surface area contributed by atoms with E-state index >= 15 is 0 Å². The van der Waals surface area contributed by atoms with Crippen molar-refractivity contribution in [2.24, 2.45) is 0 Å². The summed E-state index contributed by atoms with van der Waals surface area (Å²) in [4.78, 5) is 26.4. The Morgan fingerprint density at radius 1 is 0.635 bits per heavy atom. The van der Waals surface area contributed by atoms with Gasteiger partial charge in [-0.15, -0.1) is 0 Å². The molecule has 0 radical (unpaired) electrons. The van der Waals surface area contributed by atoms with E-state index in [1.165, 1.54) is 11.1 Å². The van der Waals surface area contributed by atoms with Crippen LogP contribution in [0.3, 0.4) is 0 Å². The number of aliphatic hydroxyl groups excluding tert-OH is 2. The predicted molar refractivity (Wildman–Crippen MR) is 206 cm³/mol. The molecule has 2 heterocycles. The van der Waals surface area contributed by atoms with Crippen LogP contribution in [0.4, 0.5) is 0 Å². The molecular weight excluding hydrogens is 699 g/mol. The Morgan fingerprint density at radius 3 is 1.37 bits per heavy atom. The fourth-order valence-corrected chi connectivity index (χ4v) is 8.89. The van der Waals surface area contributed by atoms with Crippen LogP contribution in [0, 0.1) is 0 Å². The molecule has 6 rings (SSSR count). The average Bonchev–Trinajstić information content (AvgIpc) is 3.04. The van der Waals surface area contributed by atoms with Gasteiger partial charge in [-0.1, -0.05) is 124 Å². The molecule has 0 spiro atoms. The standard InChI is InChI=1S/C42H46Cl2N2O6/c1-41(2)23-45(21-29(47)17-37(49)50)19-27-13-11-25(15-35(27)41)31-7-5-9-33(39(31)43)34-10-6-8-32(40(34)44)26-12-14-28-20-46(22-30(48)18-38(51)52)24-42(3,4)36(28)16-26/h5-16,29-30,47-48H,17-24H2,1-4H3,(H,49,50)(H,51,52)/t29-,30-/m0/s1. The first kappa shape index (κ1) is 38.0. The number of aliphatic hydroxyl groups is 2. The number of carbonyl (C=O) groups is 2. The molecule has 4 N–H and O–H groups in total. The first-order valence-electron chi connectivity index (χ1n) is 17.6. The Morgan fingerprint density at radius 2 is 1.00 bits per heavy atom. The van der Waals surface area contributed by atoms with Crippen LogP contribution in [0.5, 0.6) is 0 Å². The summed E-state index contributed by atoms with van der Waals surface area (Å²) in [6.07, 6.45) is -2.41. The van der Waals surface area contributed by atoms with Gasteiger partial charge in [0.15, 0.2) is 0 Å². The average molecular weight is 746 g/mol. The Kier molecular flexibility index (Phi) is 10.9. The third-order valence-corrected chi connectivity index (χ3v) is 11.2. The van der Waals surface area contributed by atoms with Crippen molar-refractivity contribution in [3.63, 3.8) is 0 Å². The molecule has 52 heavy (non-hydrogen) atoms. The Balaban J connectivity index is 1.28. The lowest BCUT2D eigenvalue weighted by Gasteiger charge is -2.41. The molecule has 4 aromatic rings. The van der Waals surface area contributed by atoms with Crippen LogP contribution < -0.4 is 0 Å². The maximum Gasteiger partial charge on any atom is 0.306 e. The van der Waals surface area contributed by atoms with Crippen molar-refractivity contribution in [3.05, 3.63) is 105 Å². The van der Waals surface area contributed by atoms with Gasteiger partial charge in [-0.3, -0.25) is 19.4 Å². The molecule has 0 fully saturated rings. The first-order chi connectivity index (χ1) is 24.5. The highest BCUT2D eigenvalue weighted by molar-refractivity contribution is 6.39. The second-order valence-corrected chi connectivity index (χ2v) is 16.4. The normalized spacial score (nSPS) is 17.9. The molecule has 0 saturated carbocycles. The van der Waals surface area contributed by atoms with Crippen molar-refractivity contribution in [3.8, 4) is 33.4 Å². The van der Waals surface area contributed by atoms with Crippen LogP contribution in [0.25, 0.3) is 33.4 Å². The van der Waals surface area contributed by atoms with E-state index in [1.807, 2.05) is 36.4 Å². The monoisotopic (exact) mass is 744 g/mol. The molecule has 2 aliphatic heterocycles. The van der Waals surface area contributed by atoms with Gasteiger partial charge in [0.25, 0.3) is 0 Å². The Labute approximate surface area is 315 Å². The number of β-amino-alcohol motifs (C(OH)–C–C–N with tert-alkyl or cyclic N) is 2. The van der Waals surface area contributed by atoms with Crippen LogP contribution in [0.1, 0.15) is 62.8 Å². The fourth-order valence-electron chi connectivity index (χ4n) is 8.22. The molecular formula is C42H46Cl2N2O6. The van der Waals surface area contributed by atoms with Crippen LogP contribution in [-0.4, -0.2) is 80.6 Å². The highest BCUT2D eigenvalue weighted by atomic mass is 35.5. The van der Waals surface area contributed by atoms with Gasteiger partial charge in [0.1, 0.15) is 0 Å². The SMILES string of the molecule is CC1(C)CN(C[C@@H](O)CC(=O)O)Cc2ccc(-c3cccc(-c4cccc(-c5ccc6c(c5)C(C)(C)CN(C[C@@H](O)CC(=O)O)C6)c4Cl)c3Cl)cc21. The smallest absolute Gasteiger partial charge is 0.306 e. The van der Waals surface area contributed by atoms with E-state index in [0.717, 1.165) is 44.5 Å². The van der Waals surface area contributed by atoms with Crippen molar-refractivity contribution in [1.82, 2.24) is 9.80 Å². The van der Waals surface area contributed by atoms with Crippen molar-refractivity contribution in [2.75, 3.05) is 26.2 Å². The third-order valence-electron chi connectivity index (χ3n) is 10.4. The number of halogens is 2. The van der Waals surface area contributed by atoms with Gasteiger partial charge in [0.2, 0.25) is 0 Å². The van der Waals surface area contributed by atoms with Gasteiger partial charge in [0.05, 0.1) is 35.1 Å². The molecule has 8 nitrogen and oxygen atoms in total. The summed E-state index contributed by atoms with van der Waals surface area (Å²) in [5.41, 5.74) is 9.64. The van der Waals surface area contributed by atoms with Gasteiger partial charge in [-0.2, -0.15) is 0 Å². The van der Waals surface area contributed by atoms with Gasteiger partial charge in [0, 0.05) is 72.4 Å². The second kappa shape index (κ2) is 14.9. The molecule has 0 bridgehead atoms. The summed E-state index contributed by atoms with van der Waals surface area (Å²) in [7, 11) is 0. The molecule has 0 saturated heterocycles. The number of carboxylic acid groups (broad SMARTS) is 2. The largest absolute Gasteiger partial charge is 0.481 e. The maximum atomic E-state index is 11.1. The zero-order valence-electron chi connectivity index (χ0n) is 30.0. The lowest BCUT2D eigenvalue weighted by atomic mass is 9.77. The number of fused-ring (bicyclic) bond motifs is 2. The highest BCUT2D eigenvalue weighted by Gasteiger charge is 2.34. The fraction of sp³-hybridized carbons (Fsp3) is 0.381. The molecule has 10 heteroatoms. The Hall–Kier alpha value is -3.76. The molecule has 2 aliphatic rings. The third kappa shape index (κ3) is 8.08. The molecule has 274 valence electrons. The van der Waals surface area contributed by atoms with Crippen molar-refractivity contribution < 1.29 is 30.0 Å². The molecule has 4 aromatic carbocycles. The Bertz CT molecular complexity index is 1870. The number of hydrogen-bond acceptors (Lipinski definition) is 6. The first-order valence-corrected chi connectivity index (χ1v) is 18.4. The highest BCUT2D eigenvalue weighted by Crippen LogP contribution is 2.45. The van der Waals surface area contributed by atoms with E-state index in [-0.39, 0.29) is 23.7 Å². The van der Waals surface area contributed by atoms with Gasteiger partial charge >= 0.3 is 11.9 Å². The van der Waals surface area contributed by atoms with Crippen molar-refractivity contribution >= 4 is 35.1 Å². The minimum atomic E-state index is -1.01. The van der Waals surface area contributed by atoms with E-state index in [2.05, 4.69) is 73.9 Å². The van der Waals surface area contributed by atoms with E-state index in [4.69, 9.17) is 33.4 Å². The van der Waals surface area contributed by atoms with E-state index in [0.29, 0.717) is 49.3 Å². The van der Waals surface area contributed by atoms with Crippen LogP contribution in [-0.2, 0) is 33.5 Å². The van der Waals surface area contributed by atoms with Crippen LogP contribution >= 0.6 is 23.2 Å². The van der Waals surface area contributed by atoms with Crippen molar-refractivity contribution in [1.29, 1.82) is 0 Å². The molecule has 0 aromatic heterocycles. The minimum Gasteiger partial charge on any atom is -0.481 e. The lowest BCUT2D eigenvalue weighted by molar-refractivity contribution is -0.140. The number of benzene rings is 4. The topological polar surface area (TPSA) is 122 Å². The zero-order valence-corrected chi connectivity index (χ0v) is 31.5. The number of nitrogens with zero attached hydrogens (tertiary/aromatic N) is 2. The van der Waals surface area contributed by atoms with Gasteiger partial charge in [-0.25, -0.2) is 0 Å². The predicted octanol–water partition coefficient (Wildman–Crippen LogP) is 7.85. The number of carboxylic acids is 2. The summed E-state index contributed by atoms with van der Waals surface area (Å²) in [6, 6.07) is 24.8. The number of hydrogen-bond donors (Lipinski definition) is 4. The molecule has 2 atom stereocenters. The zero-order chi connectivity index (χ0) is 37.5. The molecule has 0 amide bonds. The maximum absolute atomic E-state index is 11.1. The lowest BCUT2D eigenvalue weighted by Crippen LogP contribution is -2.45. The number of rotatable bonds is 11. The van der Waals surface area contributed by atoms with Gasteiger partial charge < -0.3 is 20.4 Å². The summed E-state index contributed by atoms with van der Waals surface area (Å²) in [5, 5.41) is 40.0. The second-order valence-electron chi connectivity index (χ2n) is 15.7. The quantitative estimate of drug-likeness (QED) is 0.123. The molecule has 0 aliphatic carbocycles. The summed E-state index contributed by atoms with van der Waals surface area (Å²) in [6.45, 7) is 11.9. The van der Waals surface area contributed by atoms with Crippen LogP contribution in [0.15, 0.2) is 72.8 Å². The van der Waals surface area contributed by atoms with E-state index in [9.17, 15) is 19.8 Å².